The van der Waals surface area contributed by atoms with E-state index < -0.39 is 0 Å². The molecule has 0 atom stereocenters. The van der Waals surface area contributed by atoms with Gasteiger partial charge in [-0.2, -0.15) is 0 Å². The van der Waals surface area contributed by atoms with E-state index in [1.807, 2.05) is 30.3 Å². The predicted molar refractivity (Wildman–Crippen MR) is 110 cm³/mol. The van der Waals surface area contributed by atoms with Crippen LogP contribution in [0.25, 0.3) is 11.5 Å². The third-order valence-corrected chi connectivity index (χ3v) is 4.32. The topological polar surface area (TPSA) is 93.5 Å². The van der Waals surface area contributed by atoms with Gasteiger partial charge in [-0.1, -0.05) is 29.8 Å². The van der Waals surface area contributed by atoms with Gasteiger partial charge in [-0.25, -0.2) is 4.98 Å². The van der Waals surface area contributed by atoms with Crippen molar-refractivity contribution in [2.24, 2.45) is 0 Å². The molecule has 1 aromatic heterocycles. The zero-order valence-corrected chi connectivity index (χ0v) is 16.5. The first-order chi connectivity index (χ1) is 14.1. The molecular formula is C21H20ClN3O4. The molecule has 0 unspecified atom stereocenters. The monoisotopic (exact) mass is 413 g/mol. The van der Waals surface area contributed by atoms with E-state index in [4.69, 9.17) is 20.8 Å². The molecule has 0 radical (unpaired) electrons. The summed E-state index contributed by atoms with van der Waals surface area (Å²) in [6.07, 6.45) is 1.51. The second kappa shape index (κ2) is 9.86. The fraction of sp³-hybridized carbons (Fsp3) is 0.190. The number of hydrogen-bond acceptors (Lipinski definition) is 5. The minimum atomic E-state index is -0.305. The fourth-order valence-electron chi connectivity index (χ4n) is 2.61. The van der Waals surface area contributed by atoms with Crippen LogP contribution < -0.4 is 10.6 Å². The summed E-state index contributed by atoms with van der Waals surface area (Å²) < 4.78 is 10.3. The zero-order chi connectivity index (χ0) is 20.6. The van der Waals surface area contributed by atoms with Crippen molar-refractivity contribution in [2.45, 2.75) is 6.42 Å². The number of halogens is 1. The Morgan fingerprint density at radius 1 is 1.17 bits per heavy atom. The average Bonchev–Trinajstić information content (AvgIpc) is 3.17. The highest BCUT2D eigenvalue weighted by Crippen LogP contribution is 2.22. The Kier molecular flexibility index (Phi) is 6.99. The zero-order valence-electron chi connectivity index (χ0n) is 15.8. The van der Waals surface area contributed by atoms with Crippen molar-refractivity contribution in [1.82, 2.24) is 10.3 Å². The van der Waals surface area contributed by atoms with Crippen LogP contribution in [0.15, 0.2) is 59.2 Å². The summed E-state index contributed by atoms with van der Waals surface area (Å²) in [5.41, 5.74) is 2.16. The van der Waals surface area contributed by atoms with Crippen molar-refractivity contribution in [1.29, 1.82) is 0 Å². The first kappa shape index (κ1) is 20.6. The number of carbonyl (C=O) groups excluding carboxylic acids is 2. The van der Waals surface area contributed by atoms with Gasteiger partial charge < -0.3 is 19.8 Å². The molecular weight excluding hydrogens is 394 g/mol. The van der Waals surface area contributed by atoms with Crippen LogP contribution in [0.1, 0.15) is 16.1 Å². The third-order valence-electron chi connectivity index (χ3n) is 4.00. The molecule has 0 aliphatic heterocycles. The Hall–Kier alpha value is -3.16. The van der Waals surface area contributed by atoms with E-state index in [1.54, 1.807) is 19.2 Å². The highest BCUT2D eigenvalue weighted by molar-refractivity contribution is 6.34. The lowest BCUT2D eigenvalue weighted by atomic mass is 10.2. The Morgan fingerprint density at radius 3 is 2.69 bits per heavy atom. The first-order valence-corrected chi connectivity index (χ1v) is 9.31. The van der Waals surface area contributed by atoms with Gasteiger partial charge in [0.15, 0.2) is 0 Å². The lowest BCUT2D eigenvalue weighted by Gasteiger charge is -2.09. The lowest BCUT2D eigenvalue weighted by Crippen LogP contribution is -2.27. The quantitative estimate of drug-likeness (QED) is 0.551. The van der Waals surface area contributed by atoms with Crippen LogP contribution in [0.5, 0.6) is 0 Å². The number of carbonyl (C=O) groups is 2. The largest absolute Gasteiger partial charge is 0.444 e. The lowest BCUT2D eigenvalue weighted by molar-refractivity contribution is -0.115. The maximum Gasteiger partial charge on any atom is 0.252 e. The number of amides is 2. The highest BCUT2D eigenvalue weighted by Gasteiger charge is 2.13. The van der Waals surface area contributed by atoms with Crippen LogP contribution in [0, 0.1) is 0 Å². The van der Waals surface area contributed by atoms with Crippen molar-refractivity contribution in [3.05, 3.63) is 71.1 Å². The number of nitrogens with one attached hydrogen (secondary N) is 2. The Balaban J connectivity index is 1.59. The highest BCUT2D eigenvalue weighted by atomic mass is 35.5. The SMILES string of the molecule is COCCNC(=O)c1ccc(NC(=O)Cc2coc(-c3ccccc3)n2)cc1Cl. The molecule has 2 aromatic carbocycles. The van der Waals surface area contributed by atoms with E-state index in [1.165, 1.54) is 12.3 Å². The molecule has 3 aromatic rings. The van der Waals surface area contributed by atoms with E-state index in [2.05, 4.69) is 15.6 Å². The Labute approximate surface area is 173 Å². The van der Waals surface area contributed by atoms with Gasteiger partial charge in [-0.3, -0.25) is 9.59 Å². The van der Waals surface area contributed by atoms with E-state index in [-0.39, 0.29) is 23.3 Å². The number of hydrogen-bond donors (Lipinski definition) is 2. The standard InChI is InChI=1S/C21H20ClN3O4/c1-28-10-9-23-20(27)17-8-7-15(11-18(17)22)24-19(26)12-16-13-29-21(25-16)14-5-3-2-4-6-14/h2-8,11,13H,9-10,12H2,1H3,(H,23,27)(H,24,26). The number of aromatic nitrogens is 1. The molecule has 2 amide bonds. The fourth-order valence-corrected chi connectivity index (χ4v) is 2.88. The Morgan fingerprint density at radius 2 is 1.97 bits per heavy atom. The molecule has 0 bridgehead atoms. The van der Waals surface area contributed by atoms with Gasteiger partial charge in [0, 0.05) is 24.9 Å². The molecule has 3 rings (SSSR count). The molecule has 0 aliphatic carbocycles. The minimum absolute atomic E-state index is 0.0488. The summed E-state index contributed by atoms with van der Waals surface area (Å²) in [6.45, 7) is 0.790. The maximum absolute atomic E-state index is 12.3. The molecule has 29 heavy (non-hydrogen) atoms. The maximum atomic E-state index is 12.3. The number of oxazole rings is 1. The number of rotatable bonds is 8. The van der Waals surface area contributed by atoms with Crippen LogP contribution in [-0.2, 0) is 16.0 Å². The van der Waals surface area contributed by atoms with Crippen molar-refractivity contribution in [3.63, 3.8) is 0 Å². The normalized spacial score (nSPS) is 10.6. The van der Waals surface area contributed by atoms with Crippen LogP contribution in [0.3, 0.4) is 0 Å². The summed E-state index contributed by atoms with van der Waals surface area (Å²) in [6, 6.07) is 14.1. The van der Waals surface area contributed by atoms with E-state index in [9.17, 15) is 9.59 Å². The summed E-state index contributed by atoms with van der Waals surface area (Å²) in [4.78, 5) is 28.7. The molecule has 7 nitrogen and oxygen atoms in total. The van der Waals surface area contributed by atoms with Crippen molar-refractivity contribution in [2.75, 3.05) is 25.6 Å². The smallest absolute Gasteiger partial charge is 0.252 e. The minimum Gasteiger partial charge on any atom is -0.444 e. The van der Waals surface area contributed by atoms with Crippen LogP contribution in [0.2, 0.25) is 5.02 Å². The number of methoxy groups -OCH3 is 1. The van der Waals surface area contributed by atoms with Gasteiger partial charge in [0.1, 0.15) is 6.26 Å². The third kappa shape index (κ3) is 5.66. The second-order valence-corrected chi connectivity index (χ2v) is 6.59. The Bertz CT molecular complexity index is 989. The number of anilines is 1. The summed E-state index contributed by atoms with van der Waals surface area (Å²) >= 11 is 6.18. The molecule has 0 saturated heterocycles. The second-order valence-electron chi connectivity index (χ2n) is 6.18. The van der Waals surface area contributed by atoms with E-state index in [0.717, 1.165) is 5.56 Å². The average molecular weight is 414 g/mol. The van der Waals surface area contributed by atoms with Gasteiger partial charge in [0.25, 0.3) is 5.91 Å². The number of nitrogens with zero attached hydrogens (tertiary/aromatic N) is 1. The van der Waals surface area contributed by atoms with Crippen LogP contribution in [-0.4, -0.2) is 37.1 Å². The summed E-state index contributed by atoms with van der Waals surface area (Å²) in [5, 5.41) is 5.68. The summed E-state index contributed by atoms with van der Waals surface area (Å²) in [5.74, 6) is -0.118. The van der Waals surface area contributed by atoms with Crippen molar-refractivity contribution >= 4 is 29.1 Å². The molecule has 2 N–H and O–H groups in total. The van der Waals surface area contributed by atoms with Crippen LogP contribution >= 0.6 is 11.6 Å². The van der Waals surface area contributed by atoms with Gasteiger partial charge >= 0.3 is 0 Å². The van der Waals surface area contributed by atoms with Crippen molar-refractivity contribution in [3.8, 4) is 11.5 Å². The van der Waals surface area contributed by atoms with Crippen molar-refractivity contribution < 1.29 is 18.7 Å². The predicted octanol–water partition coefficient (Wildman–Crippen LogP) is 3.55. The molecule has 8 heteroatoms. The molecule has 0 spiro atoms. The van der Waals surface area contributed by atoms with Gasteiger partial charge in [-0.15, -0.1) is 0 Å². The molecule has 0 fully saturated rings. The van der Waals surface area contributed by atoms with E-state index >= 15 is 0 Å². The number of ether oxygens (including phenoxy) is 1. The number of benzene rings is 2. The van der Waals surface area contributed by atoms with Gasteiger partial charge in [-0.05, 0) is 30.3 Å². The molecule has 1 heterocycles. The molecule has 0 aliphatic rings. The van der Waals surface area contributed by atoms with Gasteiger partial charge in [0.2, 0.25) is 11.8 Å². The molecule has 150 valence electrons. The van der Waals surface area contributed by atoms with Gasteiger partial charge in [0.05, 0.1) is 29.3 Å². The van der Waals surface area contributed by atoms with E-state index in [0.29, 0.717) is 36.0 Å². The summed E-state index contributed by atoms with van der Waals surface area (Å²) in [7, 11) is 1.55. The molecule has 0 saturated carbocycles. The van der Waals surface area contributed by atoms with Crippen LogP contribution in [0.4, 0.5) is 5.69 Å². The first-order valence-electron chi connectivity index (χ1n) is 8.93.